The normalized spacial score (nSPS) is 9.96. The summed E-state index contributed by atoms with van der Waals surface area (Å²) in [6.07, 6.45) is -16.4. The topological polar surface area (TPSA) is 325 Å². The molecule has 0 saturated carbocycles. The zero-order chi connectivity index (χ0) is 101. The summed E-state index contributed by atoms with van der Waals surface area (Å²) in [5.41, 5.74) is -2.16. The molecule has 0 fully saturated rings. The lowest BCUT2D eigenvalue weighted by Gasteiger charge is -2.12. The van der Waals surface area contributed by atoms with Crippen molar-refractivity contribution < 1.29 is 128 Å². The van der Waals surface area contributed by atoms with Crippen LogP contribution in [0.1, 0.15) is 93.7 Å². The van der Waals surface area contributed by atoms with Crippen molar-refractivity contribution in [3.05, 3.63) is 238 Å². The van der Waals surface area contributed by atoms with Crippen molar-refractivity contribution in [3.63, 3.8) is 0 Å². The van der Waals surface area contributed by atoms with Crippen molar-refractivity contribution in [2.24, 2.45) is 0 Å². The van der Waals surface area contributed by atoms with Crippen molar-refractivity contribution in [3.8, 4) is 17.2 Å². The van der Waals surface area contributed by atoms with E-state index in [9.17, 15) is 104 Å². The SMILES string of the molecule is C/C=C/C(C)=O.CC.CCOC(=O)CC(C)=O.CCOC(=O)c1ccc(C)nc1C.CI.CI.CI.CI.CI.CI.CI.CI.O=c1[nH]cc(Br)c2nc(C(F)(F)F)ccc12.O=c1[nH]ccc2nc(C(F)(F)F)ccc12.O=c1c2ccc(C(F)(F)F)nc2c(Br)cn1-c1ccc(OC(F)(F)F)cc1.OB(O)c1ccc(F)cc1.OB(O)c1ccc(OC(F)(F)F)cc1. The lowest BCUT2D eigenvalue weighted by molar-refractivity contribution is -0.275. The summed E-state index contributed by atoms with van der Waals surface area (Å²) in [7, 11) is -3.21. The molecule has 0 aliphatic carbocycles. The van der Waals surface area contributed by atoms with Gasteiger partial charge >= 0.3 is 57.4 Å². The van der Waals surface area contributed by atoms with E-state index in [1.54, 1.807) is 39.0 Å². The summed E-state index contributed by atoms with van der Waals surface area (Å²) in [6, 6.07) is 24.0. The third kappa shape index (κ3) is 58.3. The van der Waals surface area contributed by atoms with Gasteiger partial charge in [0.15, 0.2) is 5.78 Å². The molecule has 0 amide bonds. The number of halogens is 26. The quantitative estimate of drug-likeness (QED) is 0.0133. The molecule has 0 unspecified atom stereocenters. The van der Waals surface area contributed by atoms with E-state index in [1.807, 2.05) is 67.1 Å². The van der Waals surface area contributed by atoms with Gasteiger partial charge < -0.3 is 49.0 Å². The van der Waals surface area contributed by atoms with E-state index < -0.39 is 96.7 Å². The van der Waals surface area contributed by atoms with Crippen LogP contribution in [0.2, 0.25) is 0 Å². The second-order valence-electron chi connectivity index (χ2n) is 21.3. The lowest BCUT2D eigenvalue weighted by atomic mass is 9.80. The molecule has 0 saturated heterocycles. The van der Waals surface area contributed by atoms with Gasteiger partial charge in [0.25, 0.3) is 16.7 Å². The van der Waals surface area contributed by atoms with Gasteiger partial charge in [-0.1, -0.05) is 225 Å². The minimum absolute atomic E-state index is 0.00132. The molecular formula is C78H89B2Br2F16I8N7O15. The molecule has 7 aromatic heterocycles. The number of carbonyl (C=O) groups is 4. The van der Waals surface area contributed by atoms with E-state index in [0.29, 0.717) is 34.8 Å². The second-order valence-corrected chi connectivity index (χ2v) is 23.0. The largest absolute Gasteiger partial charge is 0.573 e. The van der Waals surface area contributed by atoms with Gasteiger partial charge in [-0.2, -0.15) is 39.5 Å². The minimum Gasteiger partial charge on any atom is -0.466 e. The smallest absolute Gasteiger partial charge is 0.466 e. The van der Waals surface area contributed by atoms with Crippen molar-refractivity contribution in [1.82, 2.24) is 34.5 Å². The average Bonchev–Trinajstić information content (AvgIpc) is 0.766. The minimum atomic E-state index is -4.85. The Bertz CT molecular complexity index is 5000. The molecule has 0 aliphatic rings. The number of H-pyrrole nitrogens is 2. The molecular weight excluding hydrogens is 2780 g/mol. The highest BCUT2D eigenvalue weighted by Gasteiger charge is 2.36. The molecule has 22 nitrogen and oxygen atoms in total. The average molecular weight is 2870 g/mol. The number of Topliss-reactive ketones (excluding diaryl/α,β-unsaturated/α-hetero) is 1. The number of aryl methyl sites for hydroxylation is 2. The number of alkyl halides is 23. The zero-order valence-corrected chi connectivity index (χ0v) is 91.1. The molecule has 6 N–H and O–H groups in total. The zero-order valence-electron chi connectivity index (χ0n) is 70.6. The Morgan fingerprint density at radius 1 is 0.492 bits per heavy atom. The fraction of sp³-hybridized carbons (Fsp3) is 0.321. The number of esters is 2. The maximum Gasteiger partial charge on any atom is 0.573 e. The van der Waals surface area contributed by atoms with E-state index >= 15 is 0 Å². The molecule has 10 aromatic rings. The number of aromatic nitrogens is 7. The molecule has 0 spiro atoms. The number of aromatic amines is 2. The lowest BCUT2D eigenvalue weighted by Crippen LogP contribution is -2.29. The van der Waals surface area contributed by atoms with Crippen molar-refractivity contribution in [1.29, 1.82) is 0 Å². The third-order valence-electron chi connectivity index (χ3n) is 12.8. The molecule has 10 rings (SSSR count). The van der Waals surface area contributed by atoms with E-state index in [-0.39, 0.29) is 78.1 Å². The van der Waals surface area contributed by atoms with Crippen LogP contribution in [0.4, 0.5) is 70.2 Å². The highest BCUT2D eigenvalue weighted by molar-refractivity contribution is 14.1. The fourth-order valence-electron chi connectivity index (χ4n) is 8.06. The number of nitrogens with zero attached hydrogens (tertiary/aromatic N) is 5. The summed E-state index contributed by atoms with van der Waals surface area (Å²) in [6.45, 7) is 16.6. The van der Waals surface area contributed by atoms with Gasteiger partial charge in [0.1, 0.15) is 46.6 Å². The Kier molecular flexibility index (Phi) is 80.3. The van der Waals surface area contributed by atoms with Crippen LogP contribution in [-0.2, 0) is 42.4 Å². The van der Waals surface area contributed by atoms with Crippen LogP contribution >= 0.6 is 213 Å². The van der Waals surface area contributed by atoms with Crippen molar-refractivity contribution in [2.75, 3.05) is 52.7 Å². The molecule has 7 heterocycles. The molecule has 0 atom stereocenters. The summed E-state index contributed by atoms with van der Waals surface area (Å²) in [5.74, 6) is -2.05. The predicted molar refractivity (Wildman–Crippen MR) is 546 cm³/mol. The van der Waals surface area contributed by atoms with E-state index in [2.05, 4.69) is 257 Å². The summed E-state index contributed by atoms with van der Waals surface area (Å²) in [5, 5.41) is 34.5. The number of ether oxygens (including phenoxy) is 4. The monoisotopic (exact) mass is 2860 g/mol. The van der Waals surface area contributed by atoms with Gasteiger partial charge in [-0.25, -0.2) is 24.1 Å². The number of benzene rings is 3. The van der Waals surface area contributed by atoms with Crippen LogP contribution in [0.5, 0.6) is 11.5 Å². The summed E-state index contributed by atoms with van der Waals surface area (Å²) < 4.78 is 214. The molecule has 714 valence electrons. The maximum absolute atomic E-state index is 12.8. The number of rotatable bonds is 11. The molecule has 3 aromatic carbocycles. The van der Waals surface area contributed by atoms with Crippen LogP contribution in [-0.4, -0.2) is 158 Å². The highest BCUT2D eigenvalue weighted by Crippen LogP contribution is 2.33. The summed E-state index contributed by atoms with van der Waals surface area (Å²) >= 11 is 23.3. The first-order valence-electron chi connectivity index (χ1n) is 34.7. The van der Waals surface area contributed by atoms with Crippen LogP contribution in [0.3, 0.4) is 0 Å². The Morgan fingerprint density at radius 2 is 0.875 bits per heavy atom. The molecule has 50 heteroatoms. The standard InChI is InChI=1S/C16H7BrF6N2O2.C10H13NO2.C9H4BrF3N2O.C9H5F3N2O.C7H6BF3O3.C6H6BFO2.C6H10O3.C5H8O.C2H6.8CH3I/c17-11-7-25(8-1-3-9(4-2-8)27-16(21,22)23)14(26)10-5-6-12(15(18,19)20)24-13(10)11;1-4-13-10(12)9-6-5-7(2)11-8(9)3;10-5-3-14-8(16)4-1-2-6(9(11,12)13)15-7(4)5;10-9(11,12)7-2-1-5-6(14-7)3-4-13-8(5)15;9-7(10,11)14-6-3-1-5(2-4-6)8(12)13;8-6-3-1-5(2-4-6)7(9)10;1-3-9-6(8)4-5(2)7;1-3-4-5(2)6;9*1-2/h1-7H;5-6H,4H2,1-3H3;1-3H,(H,14,16);1-4H,(H,13,15);1-4,12-13H;1-4,9-10H;3-4H2,1-2H3;3-4H,1-2H3;1-2H3;8*1H3/b;;;;;;;4-3+;;;;;;;;;. The van der Waals surface area contributed by atoms with E-state index in [1.165, 1.54) is 81.0 Å². The number of fused-ring (bicyclic) bond motifs is 3. The van der Waals surface area contributed by atoms with Gasteiger partial charge in [-0.05, 0) is 240 Å². The maximum atomic E-state index is 12.8. The number of ketones is 2. The van der Waals surface area contributed by atoms with Crippen LogP contribution in [0.25, 0.3) is 38.4 Å². The highest BCUT2D eigenvalue weighted by atomic mass is 127. The first-order chi connectivity index (χ1) is 60.0. The van der Waals surface area contributed by atoms with Crippen LogP contribution < -0.4 is 37.1 Å². The number of hydrogen-bond donors (Lipinski definition) is 6. The Labute approximate surface area is 854 Å². The first-order valence-corrected chi connectivity index (χ1v) is 53.6. The van der Waals surface area contributed by atoms with Gasteiger partial charge in [0.2, 0.25) is 0 Å². The predicted octanol–water partition coefficient (Wildman–Crippen LogP) is 22.5. The number of allylic oxidation sites excluding steroid dienone is 2. The van der Waals surface area contributed by atoms with E-state index in [0.717, 1.165) is 82.7 Å². The van der Waals surface area contributed by atoms with E-state index in [4.69, 9.17) is 24.8 Å². The van der Waals surface area contributed by atoms with Gasteiger partial charge in [-0.15, -0.1) is 26.3 Å². The Morgan fingerprint density at radius 3 is 1.24 bits per heavy atom. The van der Waals surface area contributed by atoms with Gasteiger partial charge in [0.05, 0.1) is 66.1 Å². The molecule has 0 bridgehead atoms. The fourth-order valence-corrected chi connectivity index (χ4v) is 8.98. The first kappa shape index (κ1) is 136. The number of carbonyl (C=O) groups excluding carboxylic acids is 4. The van der Waals surface area contributed by atoms with Crippen molar-refractivity contribution >= 4 is 294 Å². The molecule has 0 aliphatic heterocycles. The molecule has 0 radical (unpaired) electrons. The van der Waals surface area contributed by atoms with Gasteiger partial charge in [0, 0.05) is 30.0 Å². The number of pyridine rings is 7. The van der Waals surface area contributed by atoms with Gasteiger partial charge in [-0.3, -0.25) is 38.3 Å². The van der Waals surface area contributed by atoms with Crippen LogP contribution in [0, 0.1) is 19.7 Å². The molecule has 128 heavy (non-hydrogen) atoms. The Hall–Kier alpha value is -4.84. The second kappa shape index (κ2) is 75.5. The van der Waals surface area contributed by atoms with Crippen molar-refractivity contribution in [2.45, 2.75) is 100.0 Å². The number of hydrogen-bond acceptors (Lipinski definition) is 19. The Balaban J connectivity index is -0.000000262. The van der Waals surface area contributed by atoms with Crippen LogP contribution in [0.15, 0.2) is 181 Å². The third-order valence-corrected chi connectivity index (χ3v) is 13.9. The summed E-state index contributed by atoms with van der Waals surface area (Å²) in [4.78, 5) is 112. The number of nitrogens with one attached hydrogen (secondary N) is 2.